The molecule has 0 amide bonds. The van der Waals surface area contributed by atoms with Gasteiger partial charge in [0.2, 0.25) is 0 Å². The summed E-state index contributed by atoms with van der Waals surface area (Å²) in [4.78, 5) is 10.6. The number of ether oxygens (including phenoxy) is 1. The van der Waals surface area contributed by atoms with Crippen LogP contribution in [0.4, 0.5) is 0 Å². The van der Waals surface area contributed by atoms with Crippen molar-refractivity contribution >= 4 is 5.97 Å². The van der Waals surface area contributed by atoms with Gasteiger partial charge in [-0.2, -0.15) is 0 Å². The Bertz CT molecular complexity index is 296. The Kier molecular flexibility index (Phi) is 10.6. The van der Waals surface area contributed by atoms with E-state index in [2.05, 4.69) is 35.3 Å². The van der Waals surface area contributed by atoms with Crippen LogP contribution in [0.25, 0.3) is 0 Å². The molecule has 0 radical (unpaired) electrons. The van der Waals surface area contributed by atoms with E-state index in [9.17, 15) is 4.79 Å². The van der Waals surface area contributed by atoms with Crippen LogP contribution >= 0.6 is 0 Å². The van der Waals surface area contributed by atoms with Gasteiger partial charge in [-0.1, -0.05) is 44.9 Å². The molecule has 2 heteroatoms. The highest BCUT2D eigenvalue weighted by atomic mass is 16.5. The smallest absolute Gasteiger partial charge is 0.385 e. The summed E-state index contributed by atoms with van der Waals surface area (Å²) in [5.41, 5.74) is 0. The lowest BCUT2D eigenvalue weighted by atomic mass is 10.1. The van der Waals surface area contributed by atoms with E-state index in [-0.39, 0.29) is 0 Å². The highest BCUT2D eigenvalue weighted by Crippen LogP contribution is 2.05. The lowest BCUT2D eigenvalue weighted by molar-refractivity contribution is -0.133. The summed E-state index contributed by atoms with van der Waals surface area (Å²) in [5.74, 6) is 9.76. The molecule has 0 aliphatic rings. The lowest BCUT2D eigenvalue weighted by Crippen LogP contribution is -1.93. The largest absolute Gasteiger partial charge is 0.459 e. The number of carbonyl (C=O) groups excluding carboxylic acids is 1. The van der Waals surface area contributed by atoms with Crippen molar-refractivity contribution in [1.29, 1.82) is 0 Å². The zero-order chi connectivity index (χ0) is 12.1. The van der Waals surface area contributed by atoms with Crippen LogP contribution < -0.4 is 0 Å². The number of carbonyl (C=O) groups is 1. The minimum absolute atomic E-state index is 0.533. The highest BCUT2D eigenvalue weighted by Gasteiger charge is 1.88. The standard InChI is InChI=1S/C14H20O2/c1-3-4-5-6-7-8-9-10-11-12-13-14(15)16-2/h3-9H2,1-2H3. The zero-order valence-electron chi connectivity index (χ0n) is 10.3. The molecular formula is C14H20O2. The number of rotatable bonds is 6. The van der Waals surface area contributed by atoms with Crippen LogP contribution in [0.15, 0.2) is 0 Å². The molecule has 0 N–H and O–H groups in total. The van der Waals surface area contributed by atoms with E-state index in [4.69, 9.17) is 0 Å². The summed E-state index contributed by atoms with van der Waals surface area (Å²) in [6.07, 6.45) is 8.45. The van der Waals surface area contributed by atoms with Gasteiger partial charge < -0.3 is 4.74 Å². The number of hydrogen-bond acceptors (Lipinski definition) is 2. The normalized spacial score (nSPS) is 8.38. The molecule has 2 nitrogen and oxygen atoms in total. The third kappa shape index (κ3) is 10.7. The van der Waals surface area contributed by atoms with E-state index in [0.29, 0.717) is 0 Å². The second-order valence-corrected chi connectivity index (χ2v) is 3.56. The van der Waals surface area contributed by atoms with Crippen LogP contribution in [0.3, 0.4) is 0 Å². The first-order valence-electron chi connectivity index (χ1n) is 5.88. The maximum atomic E-state index is 10.6. The van der Waals surface area contributed by atoms with Gasteiger partial charge in [0.1, 0.15) is 0 Å². The lowest BCUT2D eigenvalue weighted by Gasteiger charge is -1.96. The second kappa shape index (κ2) is 11.7. The van der Waals surface area contributed by atoms with Gasteiger partial charge in [-0.25, -0.2) is 4.79 Å². The van der Waals surface area contributed by atoms with Crippen LogP contribution in [0.1, 0.15) is 51.9 Å². The predicted octanol–water partition coefficient (Wildman–Crippen LogP) is 2.92. The maximum absolute atomic E-state index is 10.6. The Morgan fingerprint density at radius 2 is 1.75 bits per heavy atom. The van der Waals surface area contributed by atoms with Crippen molar-refractivity contribution in [2.75, 3.05) is 7.11 Å². The Labute approximate surface area is 98.8 Å². The van der Waals surface area contributed by atoms with Gasteiger partial charge in [0.25, 0.3) is 0 Å². The second-order valence-electron chi connectivity index (χ2n) is 3.56. The molecule has 0 aliphatic heterocycles. The topological polar surface area (TPSA) is 26.3 Å². The minimum Gasteiger partial charge on any atom is -0.459 e. The molecule has 0 rings (SSSR count). The Hall–Kier alpha value is -1.41. The molecule has 0 bridgehead atoms. The molecule has 0 fully saturated rings. The molecule has 0 atom stereocenters. The van der Waals surface area contributed by atoms with Gasteiger partial charge in [-0.15, -0.1) is 0 Å². The van der Waals surface area contributed by atoms with Gasteiger partial charge in [-0.3, -0.25) is 0 Å². The molecule has 0 unspecified atom stereocenters. The predicted molar refractivity (Wildman–Crippen MR) is 65.6 cm³/mol. The van der Waals surface area contributed by atoms with E-state index in [1.54, 1.807) is 0 Å². The molecule has 0 aromatic heterocycles. The monoisotopic (exact) mass is 220 g/mol. The Morgan fingerprint density at radius 3 is 2.44 bits per heavy atom. The van der Waals surface area contributed by atoms with Crippen molar-refractivity contribution in [3.05, 3.63) is 0 Å². The third-order valence-electron chi connectivity index (χ3n) is 2.16. The van der Waals surface area contributed by atoms with Crippen LogP contribution in [-0.4, -0.2) is 13.1 Å². The molecule has 0 saturated heterocycles. The Morgan fingerprint density at radius 1 is 1.06 bits per heavy atom. The summed E-state index contributed by atoms with van der Waals surface area (Å²) >= 11 is 0. The van der Waals surface area contributed by atoms with Crippen molar-refractivity contribution in [3.8, 4) is 23.7 Å². The molecular weight excluding hydrogens is 200 g/mol. The van der Waals surface area contributed by atoms with Crippen molar-refractivity contribution in [2.24, 2.45) is 0 Å². The van der Waals surface area contributed by atoms with Crippen LogP contribution in [-0.2, 0) is 9.53 Å². The van der Waals surface area contributed by atoms with Crippen molar-refractivity contribution in [2.45, 2.75) is 51.9 Å². The summed E-state index contributed by atoms with van der Waals surface area (Å²) < 4.78 is 4.35. The summed E-state index contributed by atoms with van der Waals surface area (Å²) in [6.45, 7) is 2.21. The van der Waals surface area contributed by atoms with E-state index in [1.807, 2.05) is 0 Å². The third-order valence-corrected chi connectivity index (χ3v) is 2.16. The molecule has 0 aromatic carbocycles. The van der Waals surface area contributed by atoms with Crippen molar-refractivity contribution < 1.29 is 9.53 Å². The van der Waals surface area contributed by atoms with Gasteiger partial charge in [-0.05, 0) is 18.3 Å². The first kappa shape index (κ1) is 14.6. The summed E-state index contributed by atoms with van der Waals surface area (Å²) in [6, 6.07) is 0. The molecule has 0 aromatic rings. The quantitative estimate of drug-likeness (QED) is 0.298. The highest BCUT2D eigenvalue weighted by molar-refractivity contribution is 5.88. The average Bonchev–Trinajstić information content (AvgIpc) is 2.31. The van der Waals surface area contributed by atoms with Gasteiger partial charge >= 0.3 is 5.97 Å². The minimum atomic E-state index is -0.533. The molecule has 0 spiro atoms. The molecule has 88 valence electrons. The van der Waals surface area contributed by atoms with E-state index in [1.165, 1.54) is 39.2 Å². The number of methoxy groups -OCH3 is 1. The van der Waals surface area contributed by atoms with Gasteiger partial charge in [0.15, 0.2) is 0 Å². The van der Waals surface area contributed by atoms with E-state index < -0.39 is 5.97 Å². The molecule has 16 heavy (non-hydrogen) atoms. The van der Waals surface area contributed by atoms with Crippen LogP contribution in [0.5, 0.6) is 0 Å². The fourth-order valence-corrected chi connectivity index (χ4v) is 1.23. The molecule has 0 heterocycles. The number of hydrogen-bond donors (Lipinski definition) is 0. The maximum Gasteiger partial charge on any atom is 0.385 e. The van der Waals surface area contributed by atoms with Gasteiger partial charge in [0.05, 0.1) is 7.11 Å². The first-order valence-corrected chi connectivity index (χ1v) is 5.88. The SMILES string of the molecule is CCCCCCCCC#CC#CC(=O)OC. The number of unbranched alkanes of at least 4 members (excludes halogenated alkanes) is 6. The van der Waals surface area contributed by atoms with Crippen LogP contribution in [0.2, 0.25) is 0 Å². The first-order chi connectivity index (χ1) is 7.81. The fourth-order valence-electron chi connectivity index (χ4n) is 1.23. The van der Waals surface area contributed by atoms with E-state index >= 15 is 0 Å². The number of esters is 1. The van der Waals surface area contributed by atoms with Gasteiger partial charge in [0, 0.05) is 12.3 Å². The van der Waals surface area contributed by atoms with Crippen molar-refractivity contribution in [3.63, 3.8) is 0 Å². The summed E-state index contributed by atoms with van der Waals surface area (Å²) in [7, 11) is 1.31. The van der Waals surface area contributed by atoms with E-state index in [0.717, 1.165) is 12.8 Å². The van der Waals surface area contributed by atoms with Crippen LogP contribution in [0, 0.1) is 23.7 Å². The van der Waals surface area contributed by atoms with Crippen molar-refractivity contribution in [1.82, 2.24) is 0 Å². The summed E-state index contributed by atoms with van der Waals surface area (Å²) in [5, 5.41) is 0. The average molecular weight is 220 g/mol. The zero-order valence-corrected chi connectivity index (χ0v) is 10.3. The molecule has 0 saturated carbocycles. The fraction of sp³-hybridized carbons (Fsp3) is 0.643. The Balaban J connectivity index is 3.40. The molecule has 0 aliphatic carbocycles.